The van der Waals surface area contributed by atoms with E-state index in [4.69, 9.17) is 9.47 Å². The lowest BCUT2D eigenvalue weighted by Gasteiger charge is -2.23. The van der Waals surface area contributed by atoms with E-state index in [-0.39, 0.29) is 5.56 Å². The molecule has 1 aliphatic rings. The van der Waals surface area contributed by atoms with E-state index in [0.29, 0.717) is 18.1 Å². The molecular weight excluding hydrogens is 258 g/mol. The number of rotatable bonds is 6. The van der Waals surface area contributed by atoms with Crippen LogP contribution in [-0.2, 0) is 0 Å². The number of methoxy groups -OCH3 is 1. The van der Waals surface area contributed by atoms with Crippen LogP contribution in [0.1, 0.15) is 29.6 Å². The number of ether oxygens (including phenoxy) is 2. The molecule has 1 aliphatic heterocycles. The Labute approximate surface area is 119 Å². The summed E-state index contributed by atoms with van der Waals surface area (Å²) in [5, 5.41) is 11.0. The molecule has 0 aromatic heterocycles. The molecule has 1 aromatic carbocycles. The van der Waals surface area contributed by atoms with Crippen molar-refractivity contribution >= 4 is 5.97 Å². The molecule has 0 aliphatic carbocycles. The number of quaternary nitrogens is 1. The van der Waals surface area contributed by atoms with E-state index in [9.17, 15) is 9.90 Å². The Balaban J connectivity index is 1.94. The van der Waals surface area contributed by atoms with E-state index in [1.807, 2.05) is 0 Å². The maximum atomic E-state index is 11.0. The monoisotopic (exact) mass is 279 g/mol. The smallest absolute Gasteiger partial charge is 0.137 e. The first-order valence-electron chi connectivity index (χ1n) is 7.06. The van der Waals surface area contributed by atoms with Crippen LogP contribution < -0.4 is 19.5 Å². The number of piperidine rings is 1. The van der Waals surface area contributed by atoms with Gasteiger partial charge in [0.25, 0.3) is 0 Å². The van der Waals surface area contributed by atoms with E-state index in [2.05, 4.69) is 0 Å². The average molecular weight is 279 g/mol. The lowest BCUT2D eigenvalue weighted by atomic mass is 10.1. The highest BCUT2D eigenvalue weighted by Gasteiger charge is 2.14. The van der Waals surface area contributed by atoms with Gasteiger partial charge in [0.1, 0.15) is 24.7 Å². The number of likely N-dealkylation sites (tertiary alicyclic amines) is 1. The zero-order valence-electron chi connectivity index (χ0n) is 11.8. The summed E-state index contributed by atoms with van der Waals surface area (Å²) in [6, 6.07) is 4.64. The van der Waals surface area contributed by atoms with Crippen LogP contribution >= 0.6 is 0 Å². The third-order valence-corrected chi connectivity index (χ3v) is 3.68. The number of nitrogens with one attached hydrogen (secondary N) is 1. The van der Waals surface area contributed by atoms with E-state index < -0.39 is 5.97 Å². The average Bonchev–Trinajstić information content (AvgIpc) is 2.48. The van der Waals surface area contributed by atoms with Crippen molar-refractivity contribution in [2.75, 3.05) is 33.4 Å². The summed E-state index contributed by atoms with van der Waals surface area (Å²) >= 11 is 0. The quantitative estimate of drug-likeness (QED) is 0.763. The minimum atomic E-state index is -1.23. The van der Waals surface area contributed by atoms with Crippen LogP contribution in [0.15, 0.2) is 18.2 Å². The van der Waals surface area contributed by atoms with Crippen LogP contribution in [0.3, 0.4) is 0 Å². The van der Waals surface area contributed by atoms with Crippen molar-refractivity contribution in [1.82, 2.24) is 0 Å². The Hall–Kier alpha value is -1.75. The van der Waals surface area contributed by atoms with Crippen molar-refractivity contribution in [1.29, 1.82) is 0 Å². The van der Waals surface area contributed by atoms with Crippen LogP contribution in [-0.4, -0.2) is 39.3 Å². The second-order valence-electron chi connectivity index (χ2n) is 5.06. The molecule has 0 amide bonds. The van der Waals surface area contributed by atoms with E-state index in [1.54, 1.807) is 12.1 Å². The second-order valence-corrected chi connectivity index (χ2v) is 5.06. The molecule has 20 heavy (non-hydrogen) atoms. The molecule has 1 fully saturated rings. The van der Waals surface area contributed by atoms with Gasteiger partial charge in [-0.3, -0.25) is 0 Å². The number of carboxylic acid groups (broad SMARTS) is 1. The first-order valence-corrected chi connectivity index (χ1v) is 7.06. The molecule has 110 valence electrons. The Kier molecular flexibility index (Phi) is 5.24. The van der Waals surface area contributed by atoms with Gasteiger partial charge in [-0.1, -0.05) is 0 Å². The zero-order chi connectivity index (χ0) is 14.4. The molecule has 0 unspecified atom stereocenters. The summed E-state index contributed by atoms with van der Waals surface area (Å²) in [4.78, 5) is 12.6. The molecule has 1 saturated heterocycles. The van der Waals surface area contributed by atoms with Crippen LogP contribution in [0, 0.1) is 0 Å². The molecule has 1 N–H and O–H groups in total. The molecule has 0 spiro atoms. The fourth-order valence-corrected chi connectivity index (χ4v) is 2.52. The van der Waals surface area contributed by atoms with Gasteiger partial charge < -0.3 is 24.3 Å². The molecule has 0 saturated carbocycles. The summed E-state index contributed by atoms with van der Waals surface area (Å²) in [5.41, 5.74) is 0.0689. The van der Waals surface area contributed by atoms with Crippen molar-refractivity contribution in [2.45, 2.75) is 19.3 Å². The first kappa shape index (κ1) is 14.7. The number of carboxylic acids is 1. The number of hydrogen-bond acceptors (Lipinski definition) is 4. The Morgan fingerprint density at radius 2 is 2.05 bits per heavy atom. The minimum absolute atomic E-state index is 0.0689. The Morgan fingerprint density at radius 3 is 2.70 bits per heavy atom. The highest BCUT2D eigenvalue weighted by atomic mass is 16.5. The predicted octanol–water partition coefficient (Wildman–Crippen LogP) is -0.494. The number of carbonyl (C=O) groups excluding carboxylic acids is 1. The highest BCUT2D eigenvalue weighted by molar-refractivity contribution is 5.89. The maximum absolute atomic E-state index is 11.0. The highest BCUT2D eigenvalue weighted by Crippen LogP contribution is 2.24. The van der Waals surface area contributed by atoms with Gasteiger partial charge in [-0.2, -0.15) is 0 Å². The lowest BCUT2D eigenvalue weighted by Crippen LogP contribution is -3.13. The lowest BCUT2D eigenvalue weighted by molar-refractivity contribution is -0.904. The summed E-state index contributed by atoms with van der Waals surface area (Å²) in [5.74, 6) is -0.330. The largest absolute Gasteiger partial charge is 0.545 e. The van der Waals surface area contributed by atoms with Gasteiger partial charge >= 0.3 is 0 Å². The van der Waals surface area contributed by atoms with Crippen LogP contribution in [0.4, 0.5) is 0 Å². The van der Waals surface area contributed by atoms with E-state index in [0.717, 1.165) is 6.54 Å². The van der Waals surface area contributed by atoms with Crippen LogP contribution in [0.2, 0.25) is 0 Å². The predicted molar refractivity (Wildman–Crippen MR) is 72.2 cm³/mol. The van der Waals surface area contributed by atoms with Crippen molar-refractivity contribution < 1.29 is 24.3 Å². The van der Waals surface area contributed by atoms with Gasteiger partial charge in [-0.25, -0.2) is 0 Å². The summed E-state index contributed by atoms with van der Waals surface area (Å²) in [6.07, 6.45) is 3.84. The summed E-state index contributed by atoms with van der Waals surface area (Å²) in [6.45, 7) is 3.75. The standard InChI is InChI=1S/C15H21NO4/c1-19-12-5-6-13(15(17)18)14(11-12)20-10-9-16-7-3-2-4-8-16/h5-6,11H,2-4,7-10H2,1H3,(H,17,18). The van der Waals surface area contributed by atoms with Crippen molar-refractivity contribution in [3.05, 3.63) is 23.8 Å². The normalized spacial score (nSPS) is 15.8. The molecule has 2 rings (SSSR count). The second kappa shape index (κ2) is 7.14. The molecule has 5 heteroatoms. The zero-order valence-corrected chi connectivity index (χ0v) is 11.8. The molecule has 1 heterocycles. The topological polar surface area (TPSA) is 63.0 Å². The SMILES string of the molecule is COc1ccc(C(=O)[O-])c(OCC[NH+]2CCCCC2)c1. The molecular formula is C15H21NO4. The van der Waals surface area contributed by atoms with E-state index in [1.165, 1.54) is 50.4 Å². The maximum Gasteiger partial charge on any atom is 0.137 e. The van der Waals surface area contributed by atoms with Gasteiger partial charge in [-0.15, -0.1) is 0 Å². The molecule has 0 radical (unpaired) electrons. The third kappa shape index (κ3) is 3.87. The Morgan fingerprint density at radius 1 is 1.30 bits per heavy atom. The molecule has 1 aromatic rings. The number of benzene rings is 1. The molecule has 5 nitrogen and oxygen atoms in total. The van der Waals surface area contributed by atoms with Gasteiger partial charge in [0.2, 0.25) is 0 Å². The number of carbonyl (C=O) groups is 1. The van der Waals surface area contributed by atoms with E-state index >= 15 is 0 Å². The van der Waals surface area contributed by atoms with Gasteiger partial charge in [-0.05, 0) is 31.4 Å². The number of hydrogen-bond donors (Lipinski definition) is 1. The van der Waals surface area contributed by atoms with Crippen LogP contribution in [0.5, 0.6) is 11.5 Å². The minimum Gasteiger partial charge on any atom is -0.545 e. The third-order valence-electron chi connectivity index (χ3n) is 3.68. The Bertz CT molecular complexity index is 455. The van der Waals surface area contributed by atoms with Crippen LogP contribution in [0.25, 0.3) is 0 Å². The van der Waals surface area contributed by atoms with Gasteiger partial charge in [0.15, 0.2) is 0 Å². The first-order chi connectivity index (χ1) is 9.70. The van der Waals surface area contributed by atoms with Gasteiger partial charge in [0.05, 0.1) is 26.2 Å². The summed E-state index contributed by atoms with van der Waals surface area (Å²) in [7, 11) is 1.54. The van der Waals surface area contributed by atoms with Crippen molar-refractivity contribution in [3.63, 3.8) is 0 Å². The number of aromatic carboxylic acids is 1. The fraction of sp³-hybridized carbons (Fsp3) is 0.533. The summed E-state index contributed by atoms with van der Waals surface area (Å²) < 4.78 is 10.7. The van der Waals surface area contributed by atoms with Gasteiger partial charge in [0, 0.05) is 11.6 Å². The molecule has 0 atom stereocenters. The molecule has 0 bridgehead atoms. The van der Waals surface area contributed by atoms with Crippen molar-refractivity contribution in [3.8, 4) is 11.5 Å². The fourth-order valence-electron chi connectivity index (χ4n) is 2.52. The van der Waals surface area contributed by atoms with Crippen molar-refractivity contribution in [2.24, 2.45) is 0 Å².